The number of nitrogens with zero attached hydrogens (tertiary/aromatic N) is 4. The molecule has 176 valence electrons. The van der Waals surface area contributed by atoms with Gasteiger partial charge in [-0.3, -0.25) is 19.7 Å². The lowest BCUT2D eigenvalue weighted by Crippen LogP contribution is -2.41. The molecule has 1 saturated heterocycles. The number of nitro groups is 1. The Morgan fingerprint density at radius 2 is 1.88 bits per heavy atom. The lowest BCUT2D eigenvalue weighted by Gasteiger charge is -2.30. The number of nitro benzene ring substituents is 1. The van der Waals surface area contributed by atoms with E-state index in [2.05, 4.69) is 5.10 Å². The van der Waals surface area contributed by atoms with E-state index in [4.69, 9.17) is 16.3 Å². The molecule has 34 heavy (non-hydrogen) atoms. The van der Waals surface area contributed by atoms with Crippen LogP contribution in [0, 0.1) is 16.0 Å². The van der Waals surface area contributed by atoms with Gasteiger partial charge in [-0.05, 0) is 38.0 Å². The summed E-state index contributed by atoms with van der Waals surface area (Å²) in [4.78, 5) is 38.0. The second-order valence-electron chi connectivity index (χ2n) is 7.90. The van der Waals surface area contributed by atoms with E-state index in [9.17, 15) is 19.7 Å². The van der Waals surface area contributed by atoms with Crippen LogP contribution in [0.1, 0.15) is 30.3 Å². The molecule has 9 nitrogen and oxygen atoms in total. The number of likely N-dealkylation sites (tertiary alicyclic amines) is 1. The molecule has 10 heteroatoms. The van der Waals surface area contributed by atoms with Gasteiger partial charge in [-0.1, -0.05) is 35.9 Å². The van der Waals surface area contributed by atoms with Gasteiger partial charge >= 0.3 is 5.97 Å². The summed E-state index contributed by atoms with van der Waals surface area (Å²) in [5, 5.41) is 16.4. The van der Waals surface area contributed by atoms with Crippen molar-refractivity contribution in [3.8, 4) is 16.9 Å². The van der Waals surface area contributed by atoms with Crippen LogP contribution in [0.4, 0.5) is 5.69 Å². The van der Waals surface area contributed by atoms with E-state index >= 15 is 0 Å². The maximum absolute atomic E-state index is 13.5. The van der Waals surface area contributed by atoms with E-state index in [-0.39, 0.29) is 29.2 Å². The van der Waals surface area contributed by atoms with Crippen LogP contribution in [0.5, 0.6) is 0 Å². The van der Waals surface area contributed by atoms with Crippen LogP contribution >= 0.6 is 11.6 Å². The largest absolute Gasteiger partial charge is 0.466 e. The number of benzene rings is 2. The third kappa shape index (κ3) is 4.79. The maximum atomic E-state index is 13.5. The topological polar surface area (TPSA) is 108 Å². The highest BCUT2D eigenvalue weighted by atomic mass is 35.5. The molecule has 1 aromatic heterocycles. The Balaban J connectivity index is 1.69. The number of halogens is 1. The number of carbonyl (C=O) groups excluding carboxylic acids is 2. The minimum atomic E-state index is -0.496. The molecule has 0 saturated carbocycles. The van der Waals surface area contributed by atoms with Gasteiger partial charge in [-0.25, -0.2) is 4.68 Å². The van der Waals surface area contributed by atoms with E-state index < -0.39 is 4.92 Å². The van der Waals surface area contributed by atoms with Crippen LogP contribution in [0.3, 0.4) is 0 Å². The van der Waals surface area contributed by atoms with Crippen LogP contribution in [-0.2, 0) is 9.53 Å². The molecular formula is C24H23ClN4O5. The third-order valence-electron chi connectivity index (χ3n) is 5.77. The molecule has 0 N–H and O–H groups in total. The van der Waals surface area contributed by atoms with Crippen molar-refractivity contribution in [2.24, 2.45) is 5.92 Å². The van der Waals surface area contributed by atoms with Crippen molar-refractivity contribution in [2.75, 3.05) is 19.7 Å². The van der Waals surface area contributed by atoms with Crippen molar-refractivity contribution in [3.05, 3.63) is 75.4 Å². The van der Waals surface area contributed by atoms with Gasteiger partial charge < -0.3 is 9.64 Å². The SMILES string of the molecule is CCOC(=O)C1CCN(C(=O)c2cc(-c3ccccc3Cl)nn2-c2cccc([N+](=O)[O-])c2)CC1. The monoisotopic (exact) mass is 482 g/mol. The summed E-state index contributed by atoms with van der Waals surface area (Å²) in [5.74, 6) is -0.749. The average molecular weight is 483 g/mol. The zero-order chi connectivity index (χ0) is 24.2. The predicted octanol–water partition coefficient (Wildman–Crippen LogP) is 4.52. The van der Waals surface area contributed by atoms with Crippen molar-refractivity contribution < 1.29 is 19.2 Å². The smallest absolute Gasteiger partial charge is 0.309 e. The zero-order valence-electron chi connectivity index (χ0n) is 18.5. The molecule has 0 unspecified atom stereocenters. The van der Waals surface area contributed by atoms with Crippen LogP contribution in [-0.4, -0.2) is 51.2 Å². The maximum Gasteiger partial charge on any atom is 0.309 e. The molecular weight excluding hydrogens is 460 g/mol. The molecule has 2 heterocycles. The molecule has 0 bridgehead atoms. The Hall–Kier alpha value is -3.72. The van der Waals surface area contributed by atoms with E-state index in [0.717, 1.165) is 0 Å². The second kappa shape index (κ2) is 10.0. The number of carbonyl (C=O) groups is 2. The number of rotatable bonds is 6. The lowest BCUT2D eigenvalue weighted by atomic mass is 9.97. The summed E-state index contributed by atoms with van der Waals surface area (Å²) in [6.07, 6.45) is 1.01. The Morgan fingerprint density at radius 1 is 1.15 bits per heavy atom. The van der Waals surface area contributed by atoms with Crippen LogP contribution < -0.4 is 0 Å². The van der Waals surface area contributed by atoms with Gasteiger partial charge in [0.2, 0.25) is 0 Å². The molecule has 4 rings (SSSR count). The molecule has 1 aliphatic rings. The minimum absolute atomic E-state index is 0.110. The number of piperidine rings is 1. The van der Waals surface area contributed by atoms with Crippen molar-refractivity contribution >= 4 is 29.2 Å². The Bertz CT molecular complexity index is 1230. The Kier molecular flexibility index (Phi) is 6.93. The zero-order valence-corrected chi connectivity index (χ0v) is 19.3. The number of hydrogen-bond acceptors (Lipinski definition) is 6. The van der Waals surface area contributed by atoms with Crippen molar-refractivity contribution in [2.45, 2.75) is 19.8 Å². The quantitative estimate of drug-likeness (QED) is 0.290. The summed E-state index contributed by atoms with van der Waals surface area (Å²) in [6.45, 7) is 2.88. The number of non-ortho nitro benzene ring substituents is 1. The predicted molar refractivity (Wildman–Crippen MR) is 126 cm³/mol. The molecule has 0 atom stereocenters. The van der Waals surface area contributed by atoms with Crippen LogP contribution in [0.2, 0.25) is 5.02 Å². The highest BCUT2D eigenvalue weighted by Crippen LogP contribution is 2.30. The number of amides is 1. The first-order valence-electron chi connectivity index (χ1n) is 10.9. The fraction of sp³-hybridized carbons (Fsp3) is 0.292. The van der Waals surface area contributed by atoms with E-state index in [1.165, 1.54) is 16.8 Å². The number of ether oxygens (including phenoxy) is 1. The van der Waals surface area contributed by atoms with Gasteiger partial charge in [0.25, 0.3) is 11.6 Å². The van der Waals surface area contributed by atoms with Crippen molar-refractivity contribution in [1.29, 1.82) is 0 Å². The molecule has 1 amide bonds. The van der Waals surface area contributed by atoms with Gasteiger partial charge in [-0.15, -0.1) is 0 Å². The van der Waals surface area contributed by atoms with Crippen LogP contribution in [0.25, 0.3) is 16.9 Å². The standard InChI is InChI=1S/C24H23ClN4O5/c1-2-34-24(31)16-10-12-27(13-11-16)23(30)22-15-21(19-8-3-4-9-20(19)25)26-28(22)17-6-5-7-18(14-17)29(32)33/h3-9,14-16H,2,10-13H2,1H3. The summed E-state index contributed by atoms with van der Waals surface area (Å²) in [5.41, 5.74) is 1.65. The summed E-state index contributed by atoms with van der Waals surface area (Å²) >= 11 is 6.36. The third-order valence-corrected chi connectivity index (χ3v) is 6.10. The number of esters is 1. The van der Waals surface area contributed by atoms with Crippen LogP contribution in [0.15, 0.2) is 54.6 Å². The number of hydrogen-bond donors (Lipinski definition) is 0. The second-order valence-corrected chi connectivity index (χ2v) is 8.31. The molecule has 0 aliphatic carbocycles. The first-order valence-corrected chi connectivity index (χ1v) is 11.3. The van der Waals surface area contributed by atoms with Gasteiger partial charge in [0.05, 0.1) is 33.9 Å². The molecule has 1 fully saturated rings. The molecule has 0 radical (unpaired) electrons. The summed E-state index contributed by atoms with van der Waals surface area (Å²) < 4.78 is 6.52. The first-order chi connectivity index (χ1) is 16.4. The number of aromatic nitrogens is 2. The lowest BCUT2D eigenvalue weighted by molar-refractivity contribution is -0.384. The Morgan fingerprint density at radius 3 is 2.56 bits per heavy atom. The molecule has 0 spiro atoms. The highest BCUT2D eigenvalue weighted by Gasteiger charge is 2.31. The van der Waals surface area contributed by atoms with Gasteiger partial charge in [0.1, 0.15) is 5.69 Å². The summed E-state index contributed by atoms with van der Waals surface area (Å²) in [7, 11) is 0. The Labute approximate surface area is 201 Å². The highest BCUT2D eigenvalue weighted by molar-refractivity contribution is 6.33. The van der Waals surface area contributed by atoms with E-state index in [0.29, 0.717) is 54.5 Å². The van der Waals surface area contributed by atoms with E-state index in [1.807, 2.05) is 6.07 Å². The van der Waals surface area contributed by atoms with E-state index in [1.54, 1.807) is 48.2 Å². The van der Waals surface area contributed by atoms with Gasteiger partial charge in [0, 0.05) is 30.8 Å². The molecule has 2 aromatic carbocycles. The fourth-order valence-electron chi connectivity index (χ4n) is 4.01. The minimum Gasteiger partial charge on any atom is -0.466 e. The molecule has 3 aromatic rings. The molecule has 1 aliphatic heterocycles. The summed E-state index contributed by atoms with van der Waals surface area (Å²) in [6, 6.07) is 14.7. The normalized spacial score (nSPS) is 14.1. The fourth-order valence-corrected chi connectivity index (χ4v) is 4.24. The average Bonchev–Trinajstić information content (AvgIpc) is 3.29. The van der Waals surface area contributed by atoms with Gasteiger partial charge in [-0.2, -0.15) is 5.10 Å². The van der Waals surface area contributed by atoms with Crippen molar-refractivity contribution in [1.82, 2.24) is 14.7 Å². The first kappa shape index (κ1) is 23.4. The van der Waals surface area contributed by atoms with Gasteiger partial charge in [0.15, 0.2) is 0 Å². The van der Waals surface area contributed by atoms with Crippen molar-refractivity contribution in [3.63, 3.8) is 0 Å².